The molecule has 0 saturated heterocycles. The highest BCUT2D eigenvalue weighted by atomic mass is 35.5. The second-order valence-corrected chi connectivity index (χ2v) is 14.0. The Morgan fingerprint density at radius 1 is 0.703 bits per heavy atom. The molecule has 0 aromatic heterocycles. The van der Waals surface area contributed by atoms with E-state index in [1.165, 1.54) is 18.2 Å². The first-order chi connectivity index (χ1) is 17.7. The van der Waals surface area contributed by atoms with Gasteiger partial charge in [-0.2, -0.15) is 0 Å². The van der Waals surface area contributed by atoms with E-state index in [9.17, 15) is 8.78 Å². The summed E-state index contributed by atoms with van der Waals surface area (Å²) >= 11 is 5.53. The van der Waals surface area contributed by atoms with E-state index >= 15 is 0 Å². The zero-order chi connectivity index (χ0) is 28.2. The van der Waals surface area contributed by atoms with Crippen LogP contribution in [0.5, 0.6) is 0 Å². The second kappa shape index (κ2) is 20.4. The van der Waals surface area contributed by atoms with Gasteiger partial charge in [0.25, 0.3) is 0 Å². The summed E-state index contributed by atoms with van der Waals surface area (Å²) in [4.78, 5) is 0. The van der Waals surface area contributed by atoms with Crippen LogP contribution >= 0.6 is 11.6 Å². The van der Waals surface area contributed by atoms with E-state index in [1.807, 2.05) is 0 Å². The molecule has 0 spiro atoms. The highest BCUT2D eigenvalue weighted by molar-refractivity contribution is 6.60. The third-order valence-corrected chi connectivity index (χ3v) is 11.2. The summed E-state index contributed by atoms with van der Waals surface area (Å²) in [6.45, 7) is 0.645. The van der Waals surface area contributed by atoms with Gasteiger partial charge in [0.1, 0.15) is 11.6 Å². The largest absolute Gasteiger partial charge is 0.500 e. The average molecular weight is 583 g/mol. The van der Waals surface area contributed by atoms with Gasteiger partial charge in [-0.3, -0.25) is 0 Å². The normalized spacial score (nSPS) is 11.2. The molecule has 212 valence electrons. The lowest BCUT2D eigenvalue weighted by Gasteiger charge is -2.24. The van der Waals surface area contributed by atoms with Gasteiger partial charge < -0.3 is 37.6 Å². The molecule has 0 aliphatic rings. The first kappa shape index (κ1) is 35.4. The number of hydrogen-bond acceptors (Lipinski definition) is 8. The summed E-state index contributed by atoms with van der Waals surface area (Å²) in [7, 11) is 4.75. The molecular formula is C24H41ClF2N2O6Si2. The van der Waals surface area contributed by atoms with Gasteiger partial charge >= 0.3 is 17.6 Å². The molecule has 13 heteroatoms. The van der Waals surface area contributed by atoms with E-state index in [1.54, 1.807) is 73.0 Å². The van der Waals surface area contributed by atoms with Gasteiger partial charge in [-0.1, -0.05) is 24.3 Å². The van der Waals surface area contributed by atoms with Crippen LogP contribution in [0.4, 0.5) is 20.2 Å². The van der Waals surface area contributed by atoms with Crippen molar-refractivity contribution in [3.05, 3.63) is 60.2 Å². The van der Waals surface area contributed by atoms with Crippen molar-refractivity contribution in [1.82, 2.24) is 0 Å². The molecule has 0 radical (unpaired) electrons. The van der Waals surface area contributed by atoms with Crippen molar-refractivity contribution in [3.63, 3.8) is 0 Å². The molecule has 3 N–H and O–H groups in total. The summed E-state index contributed by atoms with van der Waals surface area (Å²) in [5.41, 5.74) is 5.86. The SMILES string of the molecule is CO[Si](CCCCl)(OC)OC.CO[Si](CCCNc1ccccc1F)(OC)OC.Nc1ccccc1F. The van der Waals surface area contributed by atoms with Gasteiger partial charge in [-0.05, 0) is 37.1 Å². The molecule has 0 aliphatic carbocycles. The van der Waals surface area contributed by atoms with Crippen LogP contribution in [0, 0.1) is 11.6 Å². The number of anilines is 2. The second-order valence-electron chi connectivity index (χ2n) is 7.41. The maximum atomic E-state index is 13.3. The Balaban J connectivity index is 0.000000579. The van der Waals surface area contributed by atoms with Crippen LogP contribution in [0.2, 0.25) is 12.1 Å². The lowest BCUT2D eigenvalue weighted by Crippen LogP contribution is -2.42. The van der Waals surface area contributed by atoms with E-state index < -0.39 is 17.6 Å². The van der Waals surface area contributed by atoms with Gasteiger partial charge in [0, 0.05) is 67.2 Å². The predicted molar refractivity (Wildman–Crippen MR) is 149 cm³/mol. The Morgan fingerprint density at radius 2 is 1.14 bits per heavy atom. The first-order valence-electron chi connectivity index (χ1n) is 11.6. The fraction of sp³-hybridized carbons (Fsp3) is 0.500. The number of alkyl halides is 1. The fourth-order valence-electron chi connectivity index (χ4n) is 3.00. The Bertz CT molecular complexity index is 815. The monoisotopic (exact) mass is 582 g/mol. The number of rotatable bonds is 14. The number of benzene rings is 2. The van der Waals surface area contributed by atoms with Gasteiger partial charge in [-0.15, -0.1) is 11.6 Å². The van der Waals surface area contributed by atoms with Gasteiger partial charge in [-0.25, -0.2) is 8.78 Å². The van der Waals surface area contributed by atoms with Crippen molar-refractivity contribution in [2.24, 2.45) is 0 Å². The van der Waals surface area contributed by atoms with E-state index in [2.05, 4.69) is 5.32 Å². The van der Waals surface area contributed by atoms with Crippen LogP contribution in [0.3, 0.4) is 0 Å². The molecule has 0 fully saturated rings. The summed E-state index contributed by atoms with van der Waals surface area (Å²) < 4.78 is 57.0. The quantitative estimate of drug-likeness (QED) is 0.132. The average Bonchev–Trinajstić information content (AvgIpc) is 2.94. The maximum absolute atomic E-state index is 13.3. The molecule has 0 heterocycles. The Kier molecular flexibility index (Phi) is 19.5. The van der Waals surface area contributed by atoms with Gasteiger partial charge in [0.15, 0.2) is 0 Å². The van der Waals surface area contributed by atoms with Gasteiger partial charge in [0.2, 0.25) is 0 Å². The smallest absolute Gasteiger partial charge is 0.396 e. The summed E-state index contributed by atoms with van der Waals surface area (Å²) in [6, 6.07) is 14.2. The molecule has 0 aliphatic heterocycles. The van der Waals surface area contributed by atoms with Crippen LogP contribution in [-0.2, 0) is 26.6 Å². The van der Waals surface area contributed by atoms with Gasteiger partial charge in [0.05, 0.1) is 11.4 Å². The number of halogens is 3. The Hall–Kier alpha value is -1.62. The van der Waals surface area contributed by atoms with E-state index in [0.717, 1.165) is 18.9 Å². The Morgan fingerprint density at radius 3 is 1.51 bits per heavy atom. The topological polar surface area (TPSA) is 93.4 Å². The summed E-state index contributed by atoms with van der Waals surface area (Å²) in [5, 5.41) is 3.04. The van der Waals surface area contributed by atoms with Crippen molar-refractivity contribution in [2.75, 3.05) is 66.1 Å². The molecule has 0 bridgehead atoms. The number of hydrogen-bond donors (Lipinski definition) is 2. The molecule has 2 aromatic carbocycles. The van der Waals surface area contributed by atoms with Crippen LogP contribution in [0.1, 0.15) is 12.8 Å². The summed E-state index contributed by atoms with van der Waals surface area (Å²) in [5.74, 6) is 0.0175. The standard InChI is InChI=1S/C12H20FNO3Si.C6H15ClO3Si.C6H6FN/c1-15-18(16-2,17-3)10-6-9-14-12-8-5-4-7-11(12)13;1-8-11(9-2,10-3)6-4-5-7;7-5-3-1-2-4-6(5)8/h4-5,7-8,14H,6,9-10H2,1-3H3;4-6H2,1-3H3;1-4H,8H2. The molecule has 0 amide bonds. The molecule has 37 heavy (non-hydrogen) atoms. The zero-order valence-corrected chi connectivity index (χ0v) is 25.3. The minimum absolute atomic E-state index is 0.201. The van der Waals surface area contributed by atoms with E-state index in [4.69, 9.17) is 43.9 Å². The molecule has 2 aromatic rings. The van der Waals surface area contributed by atoms with Crippen molar-refractivity contribution < 1.29 is 35.3 Å². The third-order valence-electron chi connectivity index (χ3n) is 5.24. The molecule has 2 rings (SSSR count). The Labute approximate surface area is 227 Å². The lowest BCUT2D eigenvalue weighted by molar-refractivity contribution is 0.123. The molecule has 0 atom stereocenters. The number of nitrogens with two attached hydrogens (primary N) is 1. The van der Waals surface area contributed by atoms with Crippen LogP contribution in [0.15, 0.2) is 48.5 Å². The number of nitrogen functional groups attached to an aromatic ring is 1. The van der Waals surface area contributed by atoms with Crippen LogP contribution < -0.4 is 11.1 Å². The van der Waals surface area contributed by atoms with Crippen molar-refractivity contribution in [2.45, 2.75) is 24.9 Å². The molecule has 8 nitrogen and oxygen atoms in total. The molecular weight excluding hydrogens is 542 g/mol. The van der Waals surface area contributed by atoms with Crippen molar-refractivity contribution in [1.29, 1.82) is 0 Å². The number of nitrogens with one attached hydrogen (secondary N) is 1. The van der Waals surface area contributed by atoms with E-state index in [-0.39, 0.29) is 17.3 Å². The summed E-state index contributed by atoms with van der Waals surface area (Å²) in [6.07, 6.45) is 1.65. The highest BCUT2D eigenvalue weighted by Crippen LogP contribution is 2.17. The molecule has 0 saturated carbocycles. The van der Waals surface area contributed by atoms with Crippen molar-refractivity contribution in [3.8, 4) is 0 Å². The zero-order valence-electron chi connectivity index (χ0n) is 22.5. The lowest BCUT2D eigenvalue weighted by atomic mass is 10.3. The highest BCUT2D eigenvalue weighted by Gasteiger charge is 2.37. The maximum Gasteiger partial charge on any atom is 0.500 e. The predicted octanol–water partition coefficient (Wildman–Crippen LogP) is 5.41. The minimum Gasteiger partial charge on any atom is -0.396 e. The number of para-hydroxylation sites is 2. The first-order valence-corrected chi connectivity index (χ1v) is 16.0. The van der Waals surface area contributed by atoms with Crippen LogP contribution in [-0.4, -0.2) is 72.7 Å². The minimum atomic E-state index is -2.50. The molecule has 0 unspecified atom stereocenters. The third kappa shape index (κ3) is 13.7. The van der Waals surface area contributed by atoms with Crippen LogP contribution in [0.25, 0.3) is 0 Å². The fourth-order valence-corrected chi connectivity index (χ4v) is 6.81. The van der Waals surface area contributed by atoms with E-state index in [0.29, 0.717) is 24.2 Å². The van der Waals surface area contributed by atoms with Crippen molar-refractivity contribution >= 4 is 40.6 Å².